The van der Waals surface area contributed by atoms with Gasteiger partial charge in [0.1, 0.15) is 0 Å². The van der Waals surface area contributed by atoms with Gasteiger partial charge in [-0.15, -0.1) is 12.4 Å². The highest BCUT2D eigenvalue weighted by Gasteiger charge is 2.38. The minimum atomic E-state index is 0. The molecule has 2 aliphatic rings. The van der Waals surface area contributed by atoms with Crippen molar-refractivity contribution in [3.63, 3.8) is 0 Å². The molecule has 0 saturated carbocycles. The SMILES string of the molecule is CC1(C)CN(C2CCNCC2)c2ccc(Br)cc21.Cl. The number of halogens is 2. The second-order valence-electron chi connectivity index (χ2n) is 6.15. The number of fused-ring (bicyclic) bond motifs is 1. The molecule has 0 bridgehead atoms. The molecule has 3 rings (SSSR count). The Bertz CT molecular complexity index is 455. The molecule has 2 heterocycles. The maximum atomic E-state index is 3.60. The van der Waals surface area contributed by atoms with Crippen LogP contribution in [0.25, 0.3) is 0 Å². The van der Waals surface area contributed by atoms with Gasteiger partial charge >= 0.3 is 0 Å². The number of benzene rings is 1. The number of nitrogens with one attached hydrogen (secondary N) is 1. The molecule has 2 aliphatic heterocycles. The molecule has 1 fully saturated rings. The van der Waals surface area contributed by atoms with Gasteiger partial charge in [0, 0.05) is 28.2 Å². The van der Waals surface area contributed by atoms with E-state index in [-0.39, 0.29) is 17.8 Å². The molecular weight excluding hydrogens is 324 g/mol. The molecule has 0 radical (unpaired) electrons. The lowest BCUT2D eigenvalue weighted by atomic mass is 9.87. The second-order valence-corrected chi connectivity index (χ2v) is 7.07. The highest BCUT2D eigenvalue weighted by molar-refractivity contribution is 9.10. The van der Waals surface area contributed by atoms with E-state index in [1.165, 1.54) is 28.6 Å². The summed E-state index contributed by atoms with van der Waals surface area (Å²) in [6.07, 6.45) is 2.54. The molecule has 2 nitrogen and oxygen atoms in total. The number of nitrogens with zero attached hydrogens (tertiary/aromatic N) is 1. The summed E-state index contributed by atoms with van der Waals surface area (Å²) in [5.74, 6) is 0. The highest BCUT2D eigenvalue weighted by atomic mass is 79.9. The van der Waals surface area contributed by atoms with Gasteiger partial charge in [0.2, 0.25) is 0 Å². The zero-order valence-corrected chi connectivity index (χ0v) is 14.0. The third-order valence-corrected chi connectivity index (χ3v) is 4.81. The summed E-state index contributed by atoms with van der Waals surface area (Å²) in [6.45, 7) is 8.20. The van der Waals surface area contributed by atoms with E-state index in [1.807, 2.05) is 0 Å². The Morgan fingerprint density at radius 2 is 1.95 bits per heavy atom. The van der Waals surface area contributed by atoms with Gasteiger partial charge in [0.25, 0.3) is 0 Å². The van der Waals surface area contributed by atoms with Crippen LogP contribution in [0, 0.1) is 0 Å². The minimum absolute atomic E-state index is 0. The van der Waals surface area contributed by atoms with E-state index in [4.69, 9.17) is 0 Å². The lowest BCUT2D eigenvalue weighted by Gasteiger charge is -2.34. The van der Waals surface area contributed by atoms with Crippen molar-refractivity contribution >= 4 is 34.0 Å². The molecule has 0 amide bonds. The van der Waals surface area contributed by atoms with Gasteiger partial charge in [-0.2, -0.15) is 0 Å². The van der Waals surface area contributed by atoms with Crippen LogP contribution in [0.5, 0.6) is 0 Å². The summed E-state index contributed by atoms with van der Waals surface area (Å²) in [7, 11) is 0. The van der Waals surface area contributed by atoms with E-state index in [0.717, 1.165) is 19.6 Å². The summed E-state index contributed by atoms with van der Waals surface area (Å²) in [4.78, 5) is 2.64. The van der Waals surface area contributed by atoms with Crippen molar-refractivity contribution in [1.82, 2.24) is 5.32 Å². The topological polar surface area (TPSA) is 15.3 Å². The fourth-order valence-electron chi connectivity index (χ4n) is 3.34. The van der Waals surface area contributed by atoms with E-state index in [2.05, 4.69) is 58.2 Å². The van der Waals surface area contributed by atoms with E-state index in [1.54, 1.807) is 0 Å². The van der Waals surface area contributed by atoms with E-state index >= 15 is 0 Å². The van der Waals surface area contributed by atoms with Crippen molar-refractivity contribution in [2.24, 2.45) is 0 Å². The van der Waals surface area contributed by atoms with Crippen molar-refractivity contribution < 1.29 is 0 Å². The Morgan fingerprint density at radius 1 is 1.26 bits per heavy atom. The average Bonchev–Trinajstić information content (AvgIpc) is 2.63. The summed E-state index contributed by atoms with van der Waals surface area (Å²) in [5.41, 5.74) is 3.22. The van der Waals surface area contributed by atoms with Gasteiger partial charge in [-0.25, -0.2) is 0 Å². The molecule has 0 aliphatic carbocycles. The second kappa shape index (κ2) is 5.63. The lowest BCUT2D eigenvalue weighted by Crippen LogP contribution is -2.44. The number of rotatable bonds is 1. The number of piperidine rings is 1. The van der Waals surface area contributed by atoms with Crippen molar-refractivity contribution in [1.29, 1.82) is 0 Å². The van der Waals surface area contributed by atoms with Crippen molar-refractivity contribution in [3.8, 4) is 0 Å². The molecule has 4 heteroatoms. The fourth-order valence-corrected chi connectivity index (χ4v) is 3.70. The lowest BCUT2D eigenvalue weighted by molar-refractivity contribution is 0.415. The van der Waals surface area contributed by atoms with E-state index < -0.39 is 0 Å². The molecule has 106 valence electrons. The van der Waals surface area contributed by atoms with Crippen LogP contribution in [0.2, 0.25) is 0 Å². The zero-order chi connectivity index (χ0) is 12.8. The van der Waals surface area contributed by atoms with Crippen LogP contribution in [-0.4, -0.2) is 25.7 Å². The maximum absolute atomic E-state index is 3.60. The predicted octanol–water partition coefficient (Wildman–Crippen LogP) is 3.72. The summed E-state index contributed by atoms with van der Waals surface area (Å²) in [6, 6.07) is 7.48. The third kappa shape index (κ3) is 2.79. The molecule has 1 aromatic rings. The fraction of sp³-hybridized carbons (Fsp3) is 0.600. The smallest absolute Gasteiger partial charge is 0.0408 e. The van der Waals surface area contributed by atoms with E-state index in [0.29, 0.717) is 6.04 Å². The zero-order valence-electron chi connectivity index (χ0n) is 11.6. The van der Waals surface area contributed by atoms with Gasteiger partial charge in [0.15, 0.2) is 0 Å². The summed E-state index contributed by atoms with van der Waals surface area (Å²) >= 11 is 3.60. The van der Waals surface area contributed by atoms with Crippen LogP contribution in [-0.2, 0) is 5.41 Å². The summed E-state index contributed by atoms with van der Waals surface area (Å²) < 4.78 is 1.20. The highest BCUT2D eigenvalue weighted by Crippen LogP contribution is 2.43. The predicted molar refractivity (Wildman–Crippen MR) is 87.7 cm³/mol. The number of hydrogen-bond donors (Lipinski definition) is 1. The largest absolute Gasteiger partial charge is 0.367 e. The molecule has 1 saturated heterocycles. The normalized spacial score (nSPS) is 21.9. The Labute approximate surface area is 130 Å². The number of hydrogen-bond acceptors (Lipinski definition) is 2. The van der Waals surface area contributed by atoms with Gasteiger partial charge in [0.05, 0.1) is 0 Å². The van der Waals surface area contributed by atoms with Gasteiger partial charge in [-0.1, -0.05) is 29.8 Å². The molecule has 19 heavy (non-hydrogen) atoms. The standard InChI is InChI=1S/C15H21BrN2.ClH/c1-15(2)10-18(12-5-7-17-8-6-12)14-4-3-11(16)9-13(14)15;/h3-4,9,12,17H,5-8,10H2,1-2H3;1H. The average molecular weight is 346 g/mol. The maximum Gasteiger partial charge on any atom is 0.0408 e. The first kappa shape index (κ1) is 15.1. The van der Waals surface area contributed by atoms with Crippen LogP contribution in [0.3, 0.4) is 0 Å². The summed E-state index contributed by atoms with van der Waals surface area (Å²) in [5, 5.41) is 3.46. The molecule has 0 aromatic heterocycles. The Kier molecular flexibility index (Phi) is 4.49. The first-order valence-corrected chi connectivity index (χ1v) is 7.65. The van der Waals surface area contributed by atoms with Crippen LogP contribution >= 0.6 is 28.3 Å². The molecular formula is C15H22BrClN2. The van der Waals surface area contributed by atoms with Crippen molar-refractivity contribution in [2.45, 2.75) is 38.1 Å². The Balaban J connectivity index is 0.00000133. The van der Waals surface area contributed by atoms with Crippen LogP contribution < -0.4 is 10.2 Å². The van der Waals surface area contributed by atoms with Gasteiger partial charge in [-0.3, -0.25) is 0 Å². The molecule has 1 N–H and O–H groups in total. The van der Waals surface area contributed by atoms with Gasteiger partial charge < -0.3 is 10.2 Å². The third-order valence-electron chi connectivity index (χ3n) is 4.31. The molecule has 1 aromatic carbocycles. The monoisotopic (exact) mass is 344 g/mol. The van der Waals surface area contributed by atoms with Crippen molar-refractivity contribution in [3.05, 3.63) is 28.2 Å². The van der Waals surface area contributed by atoms with Crippen molar-refractivity contribution in [2.75, 3.05) is 24.5 Å². The minimum Gasteiger partial charge on any atom is -0.367 e. The number of anilines is 1. The van der Waals surface area contributed by atoms with Crippen LogP contribution in [0.15, 0.2) is 22.7 Å². The van der Waals surface area contributed by atoms with Gasteiger partial charge in [-0.05, 0) is 49.7 Å². The first-order valence-electron chi connectivity index (χ1n) is 6.85. The Hall–Kier alpha value is -0.250. The molecule has 0 spiro atoms. The molecule has 0 unspecified atom stereocenters. The van der Waals surface area contributed by atoms with E-state index in [9.17, 15) is 0 Å². The first-order chi connectivity index (χ1) is 8.58. The quantitative estimate of drug-likeness (QED) is 0.834. The molecule has 0 atom stereocenters. The van der Waals surface area contributed by atoms with Crippen LogP contribution in [0.1, 0.15) is 32.3 Å². The van der Waals surface area contributed by atoms with Crippen LogP contribution in [0.4, 0.5) is 5.69 Å². The Morgan fingerprint density at radius 3 is 2.63 bits per heavy atom.